The van der Waals surface area contributed by atoms with Crippen LogP contribution >= 0.6 is 0 Å². The van der Waals surface area contributed by atoms with Gasteiger partial charge in [0.2, 0.25) is 5.91 Å². The molecule has 70 valence electrons. The molecule has 0 saturated heterocycles. The van der Waals surface area contributed by atoms with Crippen molar-refractivity contribution in [2.24, 2.45) is 5.73 Å². The number of para-hydroxylation sites is 1. The number of nitrogens with two attached hydrogens (primary N) is 1. The Morgan fingerprint density at radius 2 is 2.08 bits per heavy atom. The van der Waals surface area contributed by atoms with Crippen molar-refractivity contribution < 1.29 is 9.90 Å². The molecule has 0 bridgehead atoms. The zero-order valence-electron chi connectivity index (χ0n) is 7.10. The highest BCUT2D eigenvalue weighted by molar-refractivity contribution is 5.94. The van der Waals surface area contributed by atoms with Gasteiger partial charge in [0.1, 0.15) is 6.04 Å². The minimum Gasteiger partial charge on any atom is -0.394 e. The average Bonchev–Trinajstić information content (AvgIpc) is 2.18. The van der Waals surface area contributed by atoms with Gasteiger partial charge < -0.3 is 16.2 Å². The van der Waals surface area contributed by atoms with E-state index in [4.69, 9.17) is 10.8 Å². The normalized spacial score (nSPS) is 12.2. The molecule has 1 atom stereocenters. The molecular weight excluding hydrogens is 168 g/mol. The summed E-state index contributed by atoms with van der Waals surface area (Å²) < 4.78 is 0. The lowest BCUT2D eigenvalue weighted by Gasteiger charge is -2.08. The Labute approximate surface area is 76.4 Å². The van der Waals surface area contributed by atoms with Gasteiger partial charge in [-0.2, -0.15) is 0 Å². The zero-order chi connectivity index (χ0) is 9.68. The van der Waals surface area contributed by atoms with Crippen molar-refractivity contribution in [1.29, 1.82) is 0 Å². The zero-order valence-corrected chi connectivity index (χ0v) is 7.10. The van der Waals surface area contributed by atoms with Crippen LogP contribution in [0.3, 0.4) is 0 Å². The number of aliphatic hydroxyl groups is 1. The van der Waals surface area contributed by atoms with Gasteiger partial charge in [0.05, 0.1) is 6.61 Å². The van der Waals surface area contributed by atoms with Crippen LogP contribution < -0.4 is 11.1 Å². The maximum atomic E-state index is 11.1. The average molecular weight is 180 g/mol. The second kappa shape index (κ2) is 4.59. The van der Waals surface area contributed by atoms with E-state index < -0.39 is 6.04 Å². The standard InChI is InChI=1S/C9H12N2O2/c10-8(6-12)9(13)11-7-4-2-1-3-5-7/h1-5,8,12H,6,10H2,(H,11,13)/t8-/m1/s1. The van der Waals surface area contributed by atoms with Gasteiger partial charge in [-0.15, -0.1) is 0 Å². The summed E-state index contributed by atoms with van der Waals surface area (Å²) in [5.74, 6) is -0.381. The van der Waals surface area contributed by atoms with Gasteiger partial charge in [0.25, 0.3) is 0 Å². The molecule has 0 heterocycles. The van der Waals surface area contributed by atoms with Crippen molar-refractivity contribution in [2.45, 2.75) is 6.04 Å². The third kappa shape index (κ3) is 2.85. The van der Waals surface area contributed by atoms with Crippen LogP contribution in [0.1, 0.15) is 0 Å². The molecular formula is C9H12N2O2. The molecule has 0 unspecified atom stereocenters. The van der Waals surface area contributed by atoms with Crippen LogP contribution in [0.15, 0.2) is 30.3 Å². The maximum Gasteiger partial charge on any atom is 0.243 e. The predicted octanol–water partition coefficient (Wildman–Crippen LogP) is -0.0553. The fraction of sp³-hybridized carbons (Fsp3) is 0.222. The van der Waals surface area contributed by atoms with Crippen molar-refractivity contribution in [1.82, 2.24) is 0 Å². The molecule has 0 aliphatic heterocycles. The lowest BCUT2D eigenvalue weighted by atomic mass is 10.3. The van der Waals surface area contributed by atoms with Crippen LogP contribution in [0.2, 0.25) is 0 Å². The van der Waals surface area contributed by atoms with E-state index in [1.807, 2.05) is 6.07 Å². The minimum atomic E-state index is -0.861. The first kappa shape index (κ1) is 9.70. The van der Waals surface area contributed by atoms with Gasteiger partial charge >= 0.3 is 0 Å². The summed E-state index contributed by atoms with van der Waals surface area (Å²) in [6.07, 6.45) is 0. The molecule has 1 aromatic rings. The molecule has 1 rings (SSSR count). The van der Waals surface area contributed by atoms with Crippen LogP contribution in [0.4, 0.5) is 5.69 Å². The van der Waals surface area contributed by atoms with Crippen molar-refractivity contribution in [2.75, 3.05) is 11.9 Å². The first-order valence-electron chi connectivity index (χ1n) is 3.96. The highest BCUT2D eigenvalue weighted by Gasteiger charge is 2.11. The summed E-state index contributed by atoms with van der Waals surface area (Å²) in [7, 11) is 0. The van der Waals surface area contributed by atoms with Crippen LogP contribution in [-0.4, -0.2) is 23.7 Å². The van der Waals surface area contributed by atoms with E-state index in [0.29, 0.717) is 5.69 Å². The number of carbonyl (C=O) groups excluding carboxylic acids is 1. The quantitative estimate of drug-likeness (QED) is 0.610. The van der Waals surface area contributed by atoms with E-state index >= 15 is 0 Å². The molecule has 4 N–H and O–H groups in total. The van der Waals surface area contributed by atoms with Crippen molar-refractivity contribution in [3.05, 3.63) is 30.3 Å². The predicted molar refractivity (Wildman–Crippen MR) is 50.1 cm³/mol. The number of carbonyl (C=O) groups is 1. The Kier molecular flexibility index (Phi) is 3.42. The largest absolute Gasteiger partial charge is 0.394 e. The van der Waals surface area contributed by atoms with E-state index in [2.05, 4.69) is 5.32 Å². The molecule has 1 aromatic carbocycles. The molecule has 0 aliphatic rings. The summed E-state index contributed by atoms with van der Waals surface area (Å²) in [4.78, 5) is 11.1. The molecule has 0 aromatic heterocycles. The molecule has 1 amide bonds. The number of amides is 1. The molecule has 0 fully saturated rings. The Morgan fingerprint density at radius 1 is 1.46 bits per heavy atom. The Bertz CT molecular complexity index is 274. The van der Waals surface area contributed by atoms with Crippen LogP contribution in [0.5, 0.6) is 0 Å². The summed E-state index contributed by atoms with van der Waals surface area (Å²) >= 11 is 0. The lowest BCUT2D eigenvalue weighted by molar-refractivity contribution is -0.118. The maximum absolute atomic E-state index is 11.1. The van der Waals surface area contributed by atoms with E-state index in [9.17, 15) is 4.79 Å². The number of benzene rings is 1. The van der Waals surface area contributed by atoms with E-state index in [1.54, 1.807) is 24.3 Å². The smallest absolute Gasteiger partial charge is 0.243 e. The van der Waals surface area contributed by atoms with E-state index in [1.165, 1.54) is 0 Å². The number of aliphatic hydroxyl groups excluding tert-OH is 1. The summed E-state index contributed by atoms with van der Waals surface area (Å²) in [6.45, 7) is -0.349. The van der Waals surface area contributed by atoms with Crippen LogP contribution in [-0.2, 0) is 4.79 Å². The topological polar surface area (TPSA) is 75.3 Å². The Morgan fingerprint density at radius 3 is 2.62 bits per heavy atom. The molecule has 4 nitrogen and oxygen atoms in total. The second-order valence-electron chi connectivity index (χ2n) is 2.64. The summed E-state index contributed by atoms with van der Waals surface area (Å²) in [5, 5.41) is 11.2. The number of anilines is 1. The van der Waals surface area contributed by atoms with Gasteiger partial charge in [-0.05, 0) is 12.1 Å². The number of hydrogen-bond acceptors (Lipinski definition) is 3. The molecule has 4 heteroatoms. The first-order chi connectivity index (χ1) is 6.24. The van der Waals surface area contributed by atoms with Crippen molar-refractivity contribution >= 4 is 11.6 Å². The van der Waals surface area contributed by atoms with Gasteiger partial charge in [0.15, 0.2) is 0 Å². The summed E-state index contributed by atoms with van der Waals surface area (Å²) in [6, 6.07) is 8.10. The van der Waals surface area contributed by atoms with E-state index in [-0.39, 0.29) is 12.5 Å². The Hall–Kier alpha value is -1.39. The highest BCUT2D eigenvalue weighted by atomic mass is 16.3. The SMILES string of the molecule is N[C@H](CO)C(=O)Nc1ccccc1. The highest BCUT2D eigenvalue weighted by Crippen LogP contribution is 2.04. The van der Waals surface area contributed by atoms with Crippen molar-refractivity contribution in [3.63, 3.8) is 0 Å². The Balaban J connectivity index is 2.55. The third-order valence-corrected chi connectivity index (χ3v) is 1.57. The molecule has 13 heavy (non-hydrogen) atoms. The van der Waals surface area contributed by atoms with Crippen molar-refractivity contribution in [3.8, 4) is 0 Å². The minimum absolute atomic E-state index is 0.349. The van der Waals surface area contributed by atoms with Crippen LogP contribution in [0, 0.1) is 0 Å². The fourth-order valence-electron chi connectivity index (χ4n) is 0.839. The second-order valence-corrected chi connectivity index (χ2v) is 2.64. The van der Waals surface area contributed by atoms with Gasteiger partial charge in [-0.3, -0.25) is 4.79 Å². The van der Waals surface area contributed by atoms with E-state index in [0.717, 1.165) is 0 Å². The van der Waals surface area contributed by atoms with Gasteiger partial charge in [-0.25, -0.2) is 0 Å². The molecule has 0 spiro atoms. The lowest BCUT2D eigenvalue weighted by Crippen LogP contribution is -2.38. The number of hydrogen-bond donors (Lipinski definition) is 3. The number of nitrogens with one attached hydrogen (secondary N) is 1. The third-order valence-electron chi connectivity index (χ3n) is 1.57. The number of rotatable bonds is 3. The molecule has 0 radical (unpaired) electrons. The summed E-state index contributed by atoms with van der Waals surface area (Å²) in [5.41, 5.74) is 5.98. The van der Waals surface area contributed by atoms with Crippen LogP contribution in [0.25, 0.3) is 0 Å². The first-order valence-corrected chi connectivity index (χ1v) is 3.96. The fourth-order valence-corrected chi connectivity index (χ4v) is 0.839. The monoisotopic (exact) mass is 180 g/mol. The molecule has 0 saturated carbocycles. The molecule has 0 aliphatic carbocycles. The van der Waals surface area contributed by atoms with Gasteiger partial charge in [0, 0.05) is 5.69 Å². The van der Waals surface area contributed by atoms with Gasteiger partial charge in [-0.1, -0.05) is 18.2 Å².